The number of alkyl carbamates (subject to hydrolysis) is 1. The summed E-state index contributed by atoms with van der Waals surface area (Å²) in [5.41, 5.74) is -0.415. The first kappa shape index (κ1) is 34.4. The van der Waals surface area contributed by atoms with E-state index in [1.807, 2.05) is 20.1 Å². The third-order valence-corrected chi connectivity index (χ3v) is 7.00. The van der Waals surface area contributed by atoms with Gasteiger partial charge in [0.2, 0.25) is 0 Å². The zero-order chi connectivity index (χ0) is 32.6. The van der Waals surface area contributed by atoms with E-state index in [0.717, 1.165) is 0 Å². The molecule has 0 aliphatic carbocycles. The first-order chi connectivity index (χ1) is 20.8. The second-order valence-corrected chi connectivity index (χ2v) is 12.1. The molecule has 0 bridgehead atoms. The van der Waals surface area contributed by atoms with Crippen LogP contribution in [0, 0.1) is 0 Å². The molecule has 3 rings (SSSR count). The number of H-pyrrole nitrogens is 1. The molecule has 3 aromatic rings. The number of aromatic nitrogens is 4. The minimum atomic E-state index is -1.06. The number of nitrogens with one attached hydrogen (secondary N) is 2. The number of hydrazine groups is 1. The molecule has 2 heterocycles. The Kier molecular flexibility index (Phi) is 11.8. The number of hydrogen-bond donors (Lipinski definition) is 3. The molecule has 0 spiro atoms. The molecule has 0 radical (unpaired) electrons. The van der Waals surface area contributed by atoms with E-state index in [0.29, 0.717) is 59.5 Å². The van der Waals surface area contributed by atoms with E-state index >= 15 is 0 Å². The van der Waals surface area contributed by atoms with Crippen molar-refractivity contribution in [3.8, 4) is 17.1 Å². The Balaban J connectivity index is 1.71. The van der Waals surface area contributed by atoms with E-state index in [-0.39, 0.29) is 17.6 Å². The number of thioether (sulfide) groups is 1. The minimum absolute atomic E-state index is 0.241. The number of imidazole rings is 1. The summed E-state index contributed by atoms with van der Waals surface area (Å²) in [7, 11) is 0. The Bertz CT molecular complexity index is 1590. The number of amides is 3. The Hall–Kier alpha value is -4.11. The number of carbonyl (C=O) groups excluding carboxylic acids is 3. The fourth-order valence-electron chi connectivity index (χ4n) is 4.31. The van der Waals surface area contributed by atoms with Crippen LogP contribution in [0.4, 0.5) is 4.79 Å². The van der Waals surface area contributed by atoms with Crippen molar-refractivity contribution in [1.82, 2.24) is 29.4 Å². The van der Waals surface area contributed by atoms with Gasteiger partial charge in [-0.25, -0.2) is 25.4 Å². The highest BCUT2D eigenvalue weighted by Gasteiger charge is 2.30. The zero-order valence-electron chi connectivity index (χ0n) is 26.0. The number of carbonyl (C=O) groups is 3. The summed E-state index contributed by atoms with van der Waals surface area (Å²) in [6.07, 6.45) is 2.62. The first-order valence-corrected chi connectivity index (χ1v) is 15.8. The Morgan fingerprint density at radius 2 is 1.73 bits per heavy atom. The lowest BCUT2D eigenvalue weighted by Gasteiger charge is -2.25. The van der Waals surface area contributed by atoms with Gasteiger partial charge in [0.1, 0.15) is 28.7 Å². The molecule has 44 heavy (non-hydrogen) atoms. The highest BCUT2D eigenvalue weighted by molar-refractivity contribution is 7.98. The standard InChI is InChI=1S/C29H41N7O7S/c1-7-14-34-24-22(26(39)35(15-8-2)28(34)41)32-23(33-24)18-9-11-19(12-10-18)42-17-21(37)36(30)25(38)20(13-16-44-6)31-27(40)43-29(3,4)5/h9-12,20H,7-8,13-17,30H2,1-6H3,(H,31,40)(H,32,33)/t20-/m0/s1. The predicted octanol–water partition coefficient (Wildman–Crippen LogP) is 2.63. The van der Waals surface area contributed by atoms with Gasteiger partial charge in [-0.05, 0) is 76.3 Å². The zero-order valence-corrected chi connectivity index (χ0v) is 26.8. The maximum atomic E-state index is 13.0. The SMILES string of the molecule is CCCn1c(=O)c2[nH]c(-c3ccc(OCC(=O)N(N)C(=O)[C@H](CCSC)NC(=O)OC(C)(C)C)cc3)nc2n(CCC)c1=O. The van der Waals surface area contributed by atoms with Crippen molar-refractivity contribution in [3.63, 3.8) is 0 Å². The highest BCUT2D eigenvalue weighted by Crippen LogP contribution is 2.22. The number of imide groups is 1. The van der Waals surface area contributed by atoms with Crippen molar-refractivity contribution < 1.29 is 23.9 Å². The molecule has 1 aromatic carbocycles. The number of rotatable bonds is 13. The van der Waals surface area contributed by atoms with Crippen molar-refractivity contribution in [2.75, 3.05) is 18.6 Å². The summed E-state index contributed by atoms with van der Waals surface area (Å²) in [5, 5.41) is 2.92. The van der Waals surface area contributed by atoms with Gasteiger partial charge in [-0.3, -0.25) is 23.5 Å². The van der Waals surface area contributed by atoms with Crippen LogP contribution < -0.4 is 27.1 Å². The second-order valence-electron chi connectivity index (χ2n) is 11.1. The molecule has 2 aromatic heterocycles. The maximum Gasteiger partial charge on any atom is 0.408 e. The van der Waals surface area contributed by atoms with Gasteiger partial charge in [0, 0.05) is 18.7 Å². The van der Waals surface area contributed by atoms with Gasteiger partial charge in [0.25, 0.3) is 17.4 Å². The van der Waals surface area contributed by atoms with Crippen LogP contribution in [-0.4, -0.2) is 72.3 Å². The van der Waals surface area contributed by atoms with Gasteiger partial charge < -0.3 is 19.8 Å². The summed E-state index contributed by atoms with van der Waals surface area (Å²) in [6, 6.07) is 5.49. The molecular weight excluding hydrogens is 590 g/mol. The molecule has 0 saturated carbocycles. The lowest BCUT2D eigenvalue weighted by Crippen LogP contribution is -2.55. The molecule has 3 amide bonds. The summed E-state index contributed by atoms with van der Waals surface area (Å²) in [4.78, 5) is 71.4. The van der Waals surface area contributed by atoms with Crippen LogP contribution in [0.2, 0.25) is 0 Å². The molecule has 0 saturated heterocycles. The van der Waals surface area contributed by atoms with Crippen LogP contribution in [0.3, 0.4) is 0 Å². The third kappa shape index (κ3) is 8.50. The summed E-state index contributed by atoms with van der Waals surface area (Å²) >= 11 is 1.47. The highest BCUT2D eigenvalue weighted by atomic mass is 32.2. The number of ether oxygens (including phenoxy) is 2. The molecule has 0 aliphatic rings. The smallest absolute Gasteiger partial charge is 0.408 e. The summed E-state index contributed by atoms with van der Waals surface area (Å²) in [6.45, 7) is 9.11. The fourth-order valence-corrected chi connectivity index (χ4v) is 4.78. The second kappa shape index (κ2) is 15.1. The number of aryl methyl sites for hydroxylation is 1. The molecule has 0 aliphatic heterocycles. The van der Waals surface area contributed by atoms with E-state index < -0.39 is 41.7 Å². The van der Waals surface area contributed by atoms with Crippen LogP contribution >= 0.6 is 11.8 Å². The van der Waals surface area contributed by atoms with E-state index in [1.165, 1.54) is 20.9 Å². The van der Waals surface area contributed by atoms with E-state index in [2.05, 4.69) is 15.3 Å². The topological polar surface area (TPSA) is 184 Å². The van der Waals surface area contributed by atoms with Crippen LogP contribution in [0.25, 0.3) is 22.6 Å². The van der Waals surface area contributed by atoms with Gasteiger partial charge in [0.05, 0.1) is 0 Å². The number of nitrogens with two attached hydrogens (primary N) is 1. The van der Waals surface area contributed by atoms with Crippen molar-refractivity contribution >= 4 is 40.8 Å². The van der Waals surface area contributed by atoms with E-state index in [1.54, 1.807) is 45.0 Å². The molecule has 0 unspecified atom stereocenters. The van der Waals surface area contributed by atoms with Gasteiger partial charge >= 0.3 is 11.8 Å². The fraction of sp³-hybridized carbons (Fsp3) is 0.517. The van der Waals surface area contributed by atoms with E-state index in [9.17, 15) is 24.0 Å². The molecular formula is C29H41N7O7S. The normalized spacial score (nSPS) is 12.2. The Morgan fingerprint density at radius 3 is 2.32 bits per heavy atom. The molecule has 15 heteroatoms. The van der Waals surface area contributed by atoms with E-state index in [4.69, 9.17) is 15.3 Å². The average Bonchev–Trinajstić information content (AvgIpc) is 3.42. The van der Waals surface area contributed by atoms with Gasteiger partial charge in [-0.15, -0.1) is 0 Å². The maximum absolute atomic E-state index is 13.0. The average molecular weight is 632 g/mol. The van der Waals surface area contributed by atoms with Gasteiger partial charge in [0.15, 0.2) is 12.3 Å². The number of nitrogens with zero attached hydrogens (tertiary/aromatic N) is 4. The molecule has 0 fully saturated rings. The van der Waals surface area contributed by atoms with Crippen LogP contribution in [0.1, 0.15) is 53.9 Å². The van der Waals surface area contributed by atoms with Crippen molar-refractivity contribution in [2.45, 2.75) is 78.6 Å². The first-order valence-electron chi connectivity index (χ1n) is 14.4. The molecule has 1 atom stereocenters. The largest absolute Gasteiger partial charge is 0.484 e. The minimum Gasteiger partial charge on any atom is -0.484 e. The van der Waals surface area contributed by atoms with Crippen molar-refractivity contribution in [1.29, 1.82) is 0 Å². The Morgan fingerprint density at radius 1 is 1.09 bits per heavy atom. The number of benzene rings is 1. The van der Waals surface area contributed by atoms with Crippen LogP contribution in [0.15, 0.2) is 33.9 Å². The van der Waals surface area contributed by atoms with Crippen molar-refractivity contribution in [2.24, 2.45) is 5.84 Å². The number of aromatic amines is 1. The molecule has 240 valence electrons. The van der Waals surface area contributed by atoms with Gasteiger partial charge in [-0.1, -0.05) is 13.8 Å². The lowest BCUT2D eigenvalue weighted by molar-refractivity contribution is -0.148. The monoisotopic (exact) mass is 631 g/mol. The third-order valence-electron chi connectivity index (χ3n) is 6.35. The summed E-state index contributed by atoms with van der Waals surface area (Å²) < 4.78 is 13.5. The number of fused-ring (bicyclic) bond motifs is 1. The molecule has 14 nitrogen and oxygen atoms in total. The quantitative estimate of drug-likeness (QED) is 0.144. The summed E-state index contributed by atoms with van der Waals surface area (Å²) in [5.74, 6) is 5.46. The molecule has 4 N–H and O–H groups in total. The van der Waals surface area contributed by atoms with Crippen molar-refractivity contribution in [3.05, 3.63) is 45.1 Å². The van der Waals surface area contributed by atoms with Gasteiger partial charge in [-0.2, -0.15) is 11.8 Å². The predicted molar refractivity (Wildman–Crippen MR) is 168 cm³/mol. The van der Waals surface area contributed by atoms with Crippen LogP contribution in [-0.2, 0) is 27.4 Å². The Labute approximate surface area is 259 Å². The van der Waals surface area contributed by atoms with Crippen LogP contribution in [0.5, 0.6) is 5.75 Å². The lowest BCUT2D eigenvalue weighted by atomic mass is 10.2. The number of hydrogen-bond acceptors (Lipinski definition) is 10.